The Bertz CT molecular complexity index is 597. The minimum Gasteiger partial charge on any atom is -0.497 e. The summed E-state index contributed by atoms with van der Waals surface area (Å²) in [5.41, 5.74) is 8.31. The molecule has 0 radical (unpaired) electrons. The van der Waals surface area contributed by atoms with Gasteiger partial charge in [-0.05, 0) is 31.9 Å². The molecule has 1 heterocycles. The van der Waals surface area contributed by atoms with Gasteiger partial charge in [0.25, 0.3) is 0 Å². The second-order valence-corrected chi connectivity index (χ2v) is 5.72. The highest BCUT2D eigenvalue weighted by molar-refractivity contribution is 5.80. The summed E-state index contributed by atoms with van der Waals surface area (Å²) >= 11 is 0. The zero-order chi connectivity index (χ0) is 13.5. The van der Waals surface area contributed by atoms with Crippen molar-refractivity contribution in [3.05, 3.63) is 18.2 Å². The van der Waals surface area contributed by atoms with Gasteiger partial charge in [-0.15, -0.1) is 0 Å². The summed E-state index contributed by atoms with van der Waals surface area (Å²) in [6.07, 6.45) is 6.22. The Balaban J connectivity index is 2.15. The first-order chi connectivity index (χ1) is 9.14. The SMILES string of the molecule is COc1ccc2c(c1)nc(N)n2C1(C)CCCCC1. The molecule has 2 N–H and O–H groups in total. The van der Waals surface area contributed by atoms with Crippen LogP contribution in [0.3, 0.4) is 0 Å². The van der Waals surface area contributed by atoms with Gasteiger partial charge in [0, 0.05) is 11.6 Å². The van der Waals surface area contributed by atoms with Crippen LogP contribution in [-0.2, 0) is 5.54 Å². The third-order valence-electron chi connectivity index (χ3n) is 4.36. The van der Waals surface area contributed by atoms with Crippen LogP contribution >= 0.6 is 0 Å². The molecular weight excluding hydrogens is 238 g/mol. The Morgan fingerprint density at radius 2 is 2.00 bits per heavy atom. The van der Waals surface area contributed by atoms with E-state index in [4.69, 9.17) is 10.5 Å². The van der Waals surface area contributed by atoms with Crippen LogP contribution in [0.5, 0.6) is 5.75 Å². The van der Waals surface area contributed by atoms with Crippen molar-refractivity contribution >= 4 is 17.0 Å². The number of anilines is 1. The Morgan fingerprint density at radius 1 is 1.26 bits per heavy atom. The number of rotatable bonds is 2. The fourth-order valence-electron chi connectivity index (χ4n) is 3.31. The summed E-state index contributed by atoms with van der Waals surface area (Å²) in [7, 11) is 1.67. The maximum atomic E-state index is 6.17. The van der Waals surface area contributed by atoms with Crippen molar-refractivity contribution in [3.8, 4) is 5.75 Å². The first-order valence-electron chi connectivity index (χ1n) is 6.96. The summed E-state index contributed by atoms with van der Waals surface area (Å²) in [6.45, 7) is 2.30. The van der Waals surface area contributed by atoms with Crippen molar-refractivity contribution in [2.45, 2.75) is 44.6 Å². The Morgan fingerprint density at radius 3 is 2.68 bits per heavy atom. The zero-order valence-electron chi connectivity index (χ0n) is 11.6. The van der Waals surface area contributed by atoms with Gasteiger partial charge in [0.2, 0.25) is 5.95 Å². The second-order valence-electron chi connectivity index (χ2n) is 5.72. The van der Waals surface area contributed by atoms with Crippen molar-refractivity contribution < 1.29 is 4.74 Å². The van der Waals surface area contributed by atoms with Crippen LogP contribution in [0.4, 0.5) is 5.95 Å². The Hall–Kier alpha value is -1.71. The predicted octanol–water partition coefficient (Wildman–Crippen LogP) is 3.31. The van der Waals surface area contributed by atoms with E-state index in [1.54, 1.807) is 7.11 Å². The van der Waals surface area contributed by atoms with Gasteiger partial charge in [-0.2, -0.15) is 0 Å². The van der Waals surface area contributed by atoms with Crippen LogP contribution in [0.2, 0.25) is 0 Å². The van der Waals surface area contributed by atoms with Crippen LogP contribution in [0, 0.1) is 0 Å². The lowest BCUT2D eigenvalue weighted by Gasteiger charge is -2.36. The van der Waals surface area contributed by atoms with E-state index in [2.05, 4.69) is 22.5 Å². The molecule has 0 unspecified atom stereocenters. The molecular formula is C15H21N3O. The van der Waals surface area contributed by atoms with E-state index in [1.165, 1.54) is 32.1 Å². The average Bonchev–Trinajstić information content (AvgIpc) is 2.74. The predicted molar refractivity (Wildman–Crippen MR) is 77.4 cm³/mol. The van der Waals surface area contributed by atoms with E-state index >= 15 is 0 Å². The quantitative estimate of drug-likeness (QED) is 0.900. The van der Waals surface area contributed by atoms with Gasteiger partial charge in [0.1, 0.15) is 5.75 Å². The lowest BCUT2D eigenvalue weighted by atomic mass is 9.83. The third kappa shape index (κ3) is 1.95. The maximum absolute atomic E-state index is 6.17. The number of hydrogen-bond acceptors (Lipinski definition) is 3. The van der Waals surface area contributed by atoms with E-state index in [0.717, 1.165) is 16.8 Å². The van der Waals surface area contributed by atoms with Crippen LogP contribution in [0.25, 0.3) is 11.0 Å². The molecule has 1 fully saturated rings. The summed E-state index contributed by atoms with van der Waals surface area (Å²) in [4.78, 5) is 4.50. The molecule has 102 valence electrons. The molecule has 1 aromatic carbocycles. The van der Waals surface area contributed by atoms with Crippen molar-refractivity contribution in [1.82, 2.24) is 9.55 Å². The van der Waals surface area contributed by atoms with E-state index in [9.17, 15) is 0 Å². The number of ether oxygens (including phenoxy) is 1. The summed E-state index contributed by atoms with van der Waals surface area (Å²) in [6, 6.07) is 6.00. The first-order valence-corrected chi connectivity index (χ1v) is 6.96. The Labute approximate surface area is 113 Å². The smallest absolute Gasteiger partial charge is 0.201 e. The molecule has 19 heavy (non-hydrogen) atoms. The molecule has 4 heteroatoms. The molecule has 0 atom stereocenters. The molecule has 1 aliphatic carbocycles. The minimum atomic E-state index is 0.103. The van der Waals surface area contributed by atoms with Gasteiger partial charge in [0.15, 0.2) is 0 Å². The number of benzene rings is 1. The summed E-state index contributed by atoms with van der Waals surface area (Å²) in [5.74, 6) is 1.44. The molecule has 0 aliphatic heterocycles. The van der Waals surface area contributed by atoms with Gasteiger partial charge in [-0.25, -0.2) is 4.98 Å². The average molecular weight is 259 g/mol. The lowest BCUT2D eigenvalue weighted by molar-refractivity contribution is 0.228. The molecule has 1 saturated carbocycles. The van der Waals surface area contributed by atoms with E-state index in [1.807, 2.05) is 12.1 Å². The zero-order valence-corrected chi connectivity index (χ0v) is 11.6. The highest BCUT2D eigenvalue weighted by Gasteiger charge is 2.31. The molecule has 0 spiro atoms. The molecule has 2 aromatic rings. The molecule has 0 saturated heterocycles. The number of methoxy groups -OCH3 is 1. The Kier molecular flexibility index (Phi) is 2.88. The van der Waals surface area contributed by atoms with Crippen molar-refractivity contribution in [1.29, 1.82) is 0 Å². The van der Waals surface area contributed by atoms with Crippen LogP contribution in [0.15, 0.2) is 18.2 Å². The molecule has 0 bridgehead atoms. The fourth-order valence-corrected chi connectivity index (χ4v) is 3.31. The van der Waals surface area contributed by atoms with Crippen LogP contribution in [0.1, 0.15) is 39.0 Å². The minimum absolute atomic E-state index is 0.103. The van der Waals surface area contributed by atoms with Crippen LogP contribution in [-0.4, -0.2) is 16.7 Å². The summed E-state index contributed by atoms with van der Waals surface area (Å²) < 4.78 is 7.48. The van der Waals surface area contributed by atoms with Crippen molar-refractivity contribution in [3.63, 3.8) is 0 Å². The molecule has 1 aromatic heterocycles. The highest BCUT2D eigenvalue weighted by atomic mass is 16.5. The monoisotopic (exact) mass is 259 g/mol. The van der Waals surface area contributed by atoms with E-state index < -0.39 is 0 Å². The number of nitrogens with two attached hydrogens (primary N) is 1. The van der Waals surface area contributed by atoms with Crippen molar-refractivity contribution in [2.24, 2.45) is 0 Å². The molecule has 1 aliphatic rings. The maximum Gasteiger partial charge on any atom is 0.201 e. The summed E-state index contributed by atoms with van der Waals surface area (Å²) in [5, 5.41) is 0. The molecule has 0 amide bonds. The molecule has 3 rings (SSSR count). The number of nitrogen functional groups attached to an aromatic ring is 1. The number of fused-ring (bicyclic) bond motifs is 1. The van der Waals surface area contributed by atoms with E-state index in [0.29, 0.717) is 5.95 Å². The number of nitrogens with zero attached hydrogens (tertiary/aromatic N) is 2. The van der Waals surface area contributed by atoms with Gasteiger partial charge >= 0.3 is 0 Å². The lowest BCUT2D eigenvalue weighted by Crippen LogP contribution is -2.33. The number of hydrogen-bond donors (Lipinski definition) is 1. The second kappa shape index (κ2) is 4.44. The first kappa shape index (κ1) is 12.3. The molecule has 4 nitrogen and oxygen atoms in total. The fraction of sp³-hybridized carbons (Fsp3) is 0.533. The van der Waals surface area contributed by atoms with Gasteiger partial charge in [-0.3, -0.25) is 0 Å². The number of imidazole rings is 1. The van der Waals surface area contributed by atoms with Gasteiger partial charge < -0.3 is 15.0 Å². The topological polar surface area (TPSA) is 53.1 Å². The van der Waals surface area contributed by atoms with Crippen molar-refractivity contribution in [2.75, 3.05) is 12.8 Å². The normalized spacial score (nSPS) is 18.6. The standard InChI is InChI=1S/C15H21N3O/c1-15(8-4-3-5-9-15)18-13-7-6-11(19-2)10-12(13)17-14(18)16/h6-7,10H,3-5,8-9H2,1-2H3,(H2,16,17). The van der Waals surface area contributed by atoms with Gasteiger partial charge in [0.05, 0.1) is 18.1 Å². The van der Waals surface area contributed by atoms with E-state index in [-0.39, 0.29) is 5.54 Å². The third-order valence-corrected chi connectivity index (χ3v) is 4.36. The number of aromatic nitrogens is 2. The van der Waals surface area contributed by atoms with Gasteiger partial charge in [-0.1, -0.05) is 19.3 Å². The van der Waals surface area contributed by atoms with Crippen LogP contribution < -0.4 is 10.5 Å². The largest absolute Gasteiger partial charge is 0.497 e. The highest BCUT2D eigenvalue weighted by Crippen LogP contribution is 2.39.